The summed E-state index contributed by atoms with van der Waals surface area (Å²) in [6, 6.07) is 14.4. The van der Waals surface area contributed by atoms with Crippen LogP contribution in [0.2, 0.25) is 0 Å². The van der Waals surface area contributed by atoms with Gasteiger partial charge < -0.3 is 10.4 Å². The van der Waals surface area contributed by atoms with Crippen molar-refractivity contribution in [3.63, 3.8) is 0 Å². The molecule has 0 spiro atoms. The van der Waals surface area contributed by atoms with Gasteiger partial charge in [-0.05, 0) is 24.3 Å². The predicted molar refractivity (Wildman–Crippen MR) is 76.1 cm³/mol. The molecule has 1 amide bonds. The molecular formula is C15H14N2O2. The fraction of sp³-hybridized carbons (Fsp3) is 0.0667. The van der Waals surface area contributed by atoms with Crippen LogP contribution in [-0.2, 0) is 4.79 Å². The number of aromatic hydroxyl groups is 1. The lowest BCUT2D eigenvalue weighted by molar-refractivity contribution is -0.114. The molecule has 0 fully saturated rings. The maximum Gasteiger partial charge on any atom is 0.221 e. The lowest BCUT2D eigenvalue weighted by atomic mass is 10.2. The molecule has 19 heavy (non-hydrogen) atoms. The third-order valence-electron chi connectivity index (χ3n) is 2.46. The zero-order valence-electron chi connectivity index (χ0n) is 10.5. The molecule has 2 rings (SSSR count). The van der Waals surface area contributed by atoms with Crippen molar-refractivity contribution < 1.29 is 9.90 Å². The maximum atomic E-state index is 10.9. The Hall–Kier alpha value is -2.62. The van der Waals surface area contributed by atoms with E-state index < -0.39 is 0 Å². The molecule has 2 N–H and O–H groups in total. The first kappa shape index (κ1) is 12.8. The molecule has 4 heteroatoms. The van der Waals surface area contributed by atoms with Crippen LogP contribution in [0, 0.1) is 0 Å². The molecule has 0 heterocycles. The number of anilines is 1. The molecule has 2 aromatic carbocycles. The van der Waals surface area contributed by atoms with Crippen molar-refractivity contribution >= 4 is 23.5 Å². The molecule has 0 saturated heterocycles. The molecule has 0 aliphatic carbocycles. The summed E-state index contributed by atoms with van der Waals surface area (Å²) < 4.78 is 0. The summed E-state index contributed by atoms with van der Waals surface area (Å²) in [6.07, 6.45) is 1.59. The van der Waals surface area contributed by atoms with Gasteiger partial charge in [0.15, 0.2) is 0 Å². The Balaban J connectivity index is 2.18. The number of amides is 1. The van der Waals surface area contributed by atoms with Crippen LogP contribution in [0.1, 0.15) is 12.5 Å². The van der Waals surface area contributed by atoms with E-state index >= 15 is 0 Å². The first-order chi connectivity index (χ1) is 9.15. The second-order valence-electron chi connectivity index (χ2n) is 4.05. The van der Waals surface area contributed by atoms with E-state index in [2.05, 4.69) is 10.3 Å². The molecule has 0 aliphatic heterocycles. The zero-order valence-corrected chi connectivity index (χ0v) is 10.5. The van der Waals surface area contributed by atoms with Crippen molar-refractivity contribution in [2.75, 3.05) is 5.32 Å². The SMILES string of the molecule is CC(=O)Nc1ccc(C=Nc2ccccc2)c(O)c1. The van der Waals surface area contributed by atoms with Crippen LogP contribution in [0.15, 0.2) is 53.5 Å². The first-order valence-electron chi connectivity index (χ1n) is 5.85. The predicted octanol–water partition coefficient (Wildman–Crippen LogP) is 3.10. The zero-order chi connectivity index (χ0) is 13.7. The molecule has 0 aliphatic rings. The Labute approximate surface area is 111 Å². The normalized spacial score (nSPS) is 10.6. The Bertz CT molecular complexity index is 607. The van der Waals surface area contributed by atoms with E-state index in [1.54, 1.807) is 18.3 Å². The summed E-state index contributed by atoms with van der Waals surface area (Å²) in [5.41, 5.74) is 1.97. The second-order valence-corrected chi connectivity index (χ2v) is 4.05. The van der Waals surface area contributed by atoms with E-state index in [1.807, 2.05) is 30.3 Å². The molecule has 4 nitrogen and oxygen atoms in total. The van der Waals surface area contributed by atoms with Crippen molar-refractivity contribution in [1.82, 2.24) is 0 Å². The van der Waals surface area contributed by atoms with Crippen molar-refractivity contribution in [3.8, 4) is 5.75 Å². The van der Waals surface area contributed by atoms with E-state index in [-0.39, 0.29) is 11.7 Å². The summed E-state index contributed by atoms with van der Waals surface area (Å²) in [5.74, 6) is -0.101. The van der Waals surface area contributed by atoms with Gasteiger partial charge in [0.1, 0.15) is 5.75 Å². The van der Waals surface area contributed by atoms with Gasteiger partial charge in [0.05, 0.1) is 5.69 Å². The summed E-state index contributed by atoms with van der Waals surface area (Å²) in [7, 11) is 0. The van der Waals surface area contributed by atoms with Crippen LogP contribution in [0.5, 0.6) is 5.75 Å². The average Bonchev–Trinajstić information content (AvgIpc) is 2.38. The fourth-order valence-electron chi connectivity index (χ4n) is 1.59. The van der Waals surface area contributed by atoms with E-state index in [0.29, 0.717) is 11.3 Å². The number of nitrogens with one attached hydrogen (secondary N) is 1. The van der Waals surface area contributed by atoms with Crippen LogP contribution in [0.3, 0.4) is 0 Å². The number of phenolic OH excluding ortho intramolecular Hbond substituents is 1. The van der Waals surface area contributed by atoms with Crippen molar-refractivity contribution in [3.05, 3.63) is 54.1 Å². The molecule has 0 unspecified atom stereocenters. The standard InChI is InChI=1S/C15H14N2O2/c1-11(18)17-14-8-7-12(15(19)9-14)10-16-13-5-3-2-4-6-13/h2-10,19H,1H3,(H,17,18). The third kappa shape index (κ3) is 3.67. The van der Waals surface area contributed by atoms with Gasteiger partial charge in [0, 0.05) is 30.5 Å². The van der Waals surface area contributed by atoms with Gasteiger partial charge in [-0.15, -0.1) is 0 Å². The molecular weight excluding hydrogens is 240 g/mol. The lowest BCUT2D eigenvalue weighted by Crippen LogP contribution is -2.05. The minimum Gasteiger partial charge on any atom is -0.507 e. The van der Waals surface area contributed by atoms with E-state index in [4.69, 9.17) is 0 Å². The quantitative estimate of drug-likeness (QED) is 0.827. The summed E-state index contributed by atoms with van der Waals surface area (Å²) in [4.78, 5) is 15.2. The highest BCUT2D eigenvalue weighted by Crippen LogP contribution is 2.21. The minimum atomic E-state index is -0.176. The van der Waals surface area contributed by atoms with Gasteiger partial charge >= 0.3 is 0 Å². The van der Waals surface area contributed by atoms with Crippen LogP contribution in [0.4, 0.5) is 11.4 Å². The maximum absolute atomic E-state index is 10.9. The average molecular weight is 254 g/mol. The Kier molecular flexibility index (Phi) is 3.93. The van der Waals surface area contributed by atoms with Crippen LogP contribution < -0.4 is 5.32 Å². The molecule has 0 bridgehead atoms. The Morgan fingerprint density at radius 2 is 1.95 bits per heavy atom. The number of benzene rings is 2. The number of carbonyl (C=O) groups is 1. The van der Waals surface area contributed by atoms with Crippen molar-refractivity contribution in [2.24, 2.45) is 4.99 Å². The molecule has 0 atom stereocenters. The highest BCUT2D eigenvalue weighted by atomic mass is 16.3. The lowest BCUT2D eigenvalue weighted by Gasteiger charge is -2.04. The monoisotopic (exact) mass is 254 g/mol. The Morgan fingerprint density at radius 1 is 1.21 bits per heavy atom. The number of carbonyl (C=O) groups excluding carboxylic acids is 1. The molecule has 0 aromatic heterocycles. The van der Waals surface area contributed by atoms with Gasteiger partial charge in [-0.2, -0.15) is 0 Å². The van der Waals surface area contributed by atoms with Crippen LogP contribution in [0.25, 0.3) is 0 Å². The largest absolute Gasteiger partial charge is 0.507 e. The van der Waals surface area contributed by atoms with Gasteiger partial charge in [0.2, 0.25) is 5.91 Å². The minimum absolute atomic E-state index is 0.0749. The smallest absolute Gasteiger partial charge is 0.221 e. The van der Waals surface area contributed by atoms with Gasteiger partial charge in [-0.25, -0.2) is 0 Å². The van der Waals surface area contributed by atoms with Crippen molar-refractivity contribution in [1.29, 1.82) is 0 Å². The first-order valence-corrected chi connectivity index (χ1v) is 5.85. The van der Waals surface area contributed by atoms with Crippen molar-refractivity contribution in [2.45, 2.75) is 6.92 Å². The number of hydrogen-bond acceptors (Lipinski definition) is 3. The van der Waals surface area contributed by atoms with E-state index in [0.717, 1.165) is 5.69 Å². The fourth-order valence-corrected chi connectivity index (χ4v) is 1.59. The highest BCUT2D eigenvalue weighted by Gasteiger charge is 2.01. The molecule has 96 valence electrons. The third-order valence-corrected chi connectivity index (χ3v) is 2.46. The van der Waals surface area contributed by atoms with Crippen LogP contribution in [-0.4, -0.2) is 17.2 Å². The summed E-state index contributed by atoms with van der Waals surface area (Å²) >= 11 is 0. The summed E-state index contributed by atoms with van der Waals surface area (Å²) in [6.45, 7) is 1.42. The van der Waals surface area contributed by atoms with E-state index in [9.17, 15) is 9.90 Å². The number of hydrogen-bond donors (Lipinski definition) is 2. The number of aliphatic imine (C=N–C) groups is 1. The number of para-hydroxylation sites is 1. The van der Waals surface area contributed by atoms with Gasteiger partial charge in [-0.3, -0.25) is 9.79 Å². The number of phenols is 1. The number of rotatable bonds is 3. The molecule has 0 radical (unpaired) electrons. The second kappa shape index (κ2) is 5.82. The molecule has 2 aromatic rings. The Morgan fingerprint density at radius 3 is 2.58 bits per heavy atom. The molecule has 0 saturated carbocycles. The summed E-state index contributed by atoms with van der Waals surface area (Å²) in [5, 5.41) is 12.4. The van der Waals surface area contributed by atoms with Gasteiger partial charge in [0.25, 0.3) is 0 Å². The van der Waals surface area contributed by atoms with Crippen LogP contribution >= 0.6 is 0 Å². The van der Waals surface area contributed by atoms with E-state index in [1.165, 1.54) is 13.0 Å². The highest BCUT2D eigenvalue weighted by molar-refractivity contribution is 5.91. The topological polar surface area (TPSA) is 61.7 Å². The van der Waals surface area contributed by atoms with Gasteiger partial charge in [-0.1, -0.05) is 18.2 Å². The number of nitrogens with zero attached hydrogens (tertiary/aromatic N) is 1.